The summed E-state index contributed by atoms with van der Waals surface area (Å²) in [7, 11) is 0. The zero-order chi connectivity index (χ0) is 8.81. The van der Waals surface area contributed by atoms with Crippen LogP contribution in [0.25, 0.3) is 0 Å². The monoisotopic (exact) mass is 183 g/mol. The average molecular weight is 183 g/mol. The summed E-state index contributed by atoms with van der Waals surface area (Å²) in [5.41, 5.74) is 0. The summed E-state index contributed by atoms with van der Waals surface area (Å²) in [5.74, 6) is -0.199. The van der Waals surface area contributed by atoms with Crippen LogP contribution in [0, 0.1) is 0 Å². The molecule has 1 N–H and O–H groups in total. The lowest BCUT2D eigenvalue weighted by Crippen LogP contribution is -2.20. The molecule has 0 aromatic carbocycles. The highest BCUT2D eigenvalue weighted by molar-refractivity contribution is 7.10. The van der Waals surface area contributed by atoms with Gasteiger partial charge in [0.25, 0.3) is 0 Å². The highest BCUT2D eigenvalue weighted by Gasteiger charge is 2.09. The molecule has 64 valence electrons. The van der Waals surface area contributed by atoms with Crippen molar-refractivity contribution in [1.29, 1.82) is 0 Å². The van der Waals surface area contributed by atoms with E-state index in [2.05, 4.69) is 5.32 Å². The normalized spacial score (nSPS) is 12.0. The maximum absolute atomic E-state index is 10.6. The molecule has 1 heterocycles. The summed E-state index contributed by atoms with van der Waals surface area (Å²) in [4.78, 5) is 21.5. The maximum Gasteiger partial charge on any atom is 0.207 e. The van der Waals surface area contributed by atoms with Crippen molar-refractivity contribution in [2.75, 3.05) is 6.54 Å². The largest absolute Gasteiger partial charge is 0.358 e. The first-order valence-corrected chi connectivity index (χ1v) is 4.42. The van der Waals surface area contributed by atoms with Crippen LogP contribution in [-0.4, -0.2) is 19.2 Å². The van der Waals surface area contributed by atoms with E-state index >= 15 is 0 Å². The van der Waals surface area contributed by atoms with Crippen molar-refractivity contribution >= 4 is 24.0 Å². The van der Waals surface area contributed by atoms with E-state index in [4.69, 9.17) is 0 Å². The van der Waals surface area contributed by atoms with Gasteiger partial charge in [0.1, 0.15) is 6.29 Å². The van der Waals surface area contributed by atoms with E-state index in [-0.39, 0.29) is 5.92 Å². The van der Waals surface area contributed by atoms with Crippen LogP contribution in [0.1, 0.15) is 10.8 Å². The highest BCUT2D eigenvalue weighted by atomic mass is 32.1. The first-order chi connectivity index (χ1) is 5.88. The van der Waals surface area contributed by atoms with Crippen molar-refractivity contribution in [3.05, 3.63) is 22.4 Å². The first kappa shape index (κ1) is 8.93. The van der Waals surface area contributed by atoms with Crippen LogP contribution in [0.15, 0.2) is 17.5 Å². The standard InChI is InChI=1S/C8H9NO2S/c10-5-7(4-9-6-11)8-2-1-3-12-8/h1-3,5-7H,4H2,(H,9,11). The van der Waals surface area contributed by atoms with Gasteiger partial charge in [0.2, 0.25) is 6.41 Å². The van der Waals surface area contributed by atoms with E-state index in [1.54, 1.807) is 0 Å². The van der Waals surface area contributed by atoms with Crippen LogP contribution >= 0.6 is 11.3 Å². The molecule has 1 rings (SSSR count). The molecule has 1 aromatic rings. The first-order valence-electron chi connectivity index (χ1n) is 3.54. The second-order valence-electron chi connectivity index (χ2n) is 2.28. The number of amides is 1. The van der Waals surface area contributed by atoms with Gasteiger partial charge in [-0.25, -0.2) is 0 Å². The topological polar surface area (TPSA) is 46.2 Å². The van der Waals surface area contributed by atoms with Gasteiger partial charge in [0.15, 0.2) is 0 Å². The number of thiophene rings is 1. The molecule has 0 aliphatic carbocycles. The molecular weight excluding hydrogens is 174 g/mol. The molecule has 4 heteroatoms. The molecule has 1 unspecified atom stereocenters. The maximum atomic E-state index is 10.6. The second kappa shape index (κ2) is 4.66. The Morgan fingerprint density at radius 1 is 1.58 bits per heavy atom. The smallest absolute Gasteiger partial charge is 0.207 e. The number of hydrogen-bond donors (Lipinski definition) is 1. The third-order valence-electron chi connectivity index (χ3n) is 1.49. The molecule has 0 spiro atoms. The van der Waals surface area contributed by atoms with Gasteiger partial charge in [-0.15, -0.1) is 11.3 Å². The quantitative estimate of drug-likeness (QED) is 0.685. The number of rotatable bonds is 5. The number of hydrogen-bond acceptors (Lipinski definition) is 3. The summed E-state index contributed by atoms with van der Waals surface area (Å²) in [6, 6.07) is 3.77. The lowest BCUT2D eigenvalue weighted by Gasteiger charge is -2.05. The summed E-state index contributed by atoms with van der Waals surface area (Å²) >= 11 is 1.52. The predicted molar refractivity (Wildman–Crippen MR) is 47.2 cm³/mol. The molecule has 0 bridgehead atoms. The molecule has 12 heavy (non-hydrogen) atoms. The van der Waals surface area contributed by atoms with Gasteiger partial charge in [-0.3, -0.25) is 4.79 Å². The fourth-order valence-electron chi connectivity index (χ4n) is 0.893. The molecular formula is C8H9NO2S. The van der Waals surface area contributed by atoms with E-state index in [1.165, 1.54) is 11.3 Å². The Labute approximate surface area is 74.4 Å². The minimum atomic E-state index is -0.199. The van der Waals surface area contributed by atoms with E-state index in [0.29, 0.717) is 13.0 Å². The summed E-state index contributed by atoms with van der Waals surface area (Å²) in [6.45, 7) is 0.382. The minimum Gasteiger partial charge on any atom is -0.358 e. The van der Waals surface area contributed by atoms with Gasteiger partial charge in [0.05, 0.1) is 5.92 Å². The van der Waals surface area contributed by atoms with Crippen molar-refractivity contribution in [2.45, 2.75) is 5.92 Å². The highest BCUT2D eigenvalue weighted by Crippen LogP contribution is 2.18. The van der Waals surface area contributed by atoms with Crippen LogP contribution in [-0.2, 0) is 9.59 Å². The third kappa shape index (κ3) is 2.17. The van der Waals surface area contributed by atoms with Crippen LogP contribution < -0.4 is 5.32 Å². The molecule has 0 aliphatic heterocycles. The zero-order valence-corrected chi connectivity index (χ0v) is 7.21. The Morgan fingerprint density at radius 3 is 2.92 bits per heavy atom. The Kier molecular flexibility index (Phi) is 3.47. The fourth-order valence-corrected chi connectivity index (χ4v) is 1.68. The number of carbonyl (C=O) groups excluding carboxylic acids is 2. The van der Waals surface area contributed by atoms with E-state index in [9.17, 15) is 9.59 Å². The summed E-state index contributed by atoms with van der Waals surface area (Å²) in [5, 5.41) is 4.39. The Balaban J connectivity index is 2.56. The van der Waals surface area contributed by atoms with Crippen molar-refractivity contribution in [3.63, 3.8) is 0 Å². The summed E-state index contributed by atoms with van der Waals surface area (Å²) < 4.78 is 0. The summed E-state index contributed by atoms with van der Waals surface area (Å²) in [6.07, 6.45) is 1.45. The third-order valence-corrected chi connectivity index (χ3v) is 2.50. The predicted octanol–water partition coefficient (Wildman–Crippen LogP) is 0.777. The van der Waals surface area contributed by atoms with Gasteiger partial charge in [0, 0.05) is 11.4 Å². The molecule has 0 saturated carbocycles. The van der Waals surface area contributed by atoms with Gasteiger partial charge < -0.3 is 10.1 Å². The average Bonchev–Trinajstić information content (AvgIpc) is 2.59. The van der Waals surface area contributed by atoms with E-state index in [1.807, 2.05) is 17.5 Å². The SMILES string of the molecule is O=CNCC(C=O)c1cccs1. The van der Waals surface area contributed by atoms with Crippen molar-refractivity contribution in [2.24, 2.45) is 0 Å². The van der Waals surface area contributed by atoms with Crippen LogP contribution in [0.4, 0.5) is 0 Å². The van der Waals surface area contributed by atoms with E-state index in [0.717, 1.165) is 11.2 Å². The molecule has 1 amide bonds. The van der Waals surface area contributed by atoms with E-state index < -0.39 is 0 Å². The molecule has 0 saturated heterocycles. The van der Waals surface area contributed by atoms with Crippen LogP contribution in [0.2, 0.25) is 0 Å². The Hall–Kier alpha value is -1.16. The lowest BCUT2D eigenvalue weighted by atomic mass is 10.1. The molecule has 0 radical (unpaired) electrons. The van der Waals surface area contributed by atoms with Gasteiger partial charge in [-0.05, 0) is 11.4 Å². The molecule has 1 atom stereocenters. The number of nitrogens with one attached hydrogen (secondary N) is 1. The zero-order valence-electron chi connectivity index (χ0n) is 6.40. The molecule has 0 fully saturated rings. The molecule has 1 aromatic heterocycles. The van der Waals surface area contributed by atoms with Crippen LogP contribution in [0.3, 0.4) is 0 Å². The lowest BCUT2D eigenvalue weighted by molar-refractivity contribution is -0.110. The van der Waals surface area contributed by atoms with Gasteiger partial charge in [-0.2, -0.15) is 0 Å². The molecule has 3 nitrogen and oxygen atoms in total. The van der Waals surface area contributed by atoms with Crippen LogP contribution in [0.5, 0.6) is 0 Å². The minimum absolute atomic E-state index is 0.199. The van der Waals surface area contributed by atoms with Crippen molar-refractivity contribution in [3.8, 4) is 0 Å². The van der Waals surface area contributed by atoms with Crippen molar-refractivity contribution in [1.82, 2.24) is 5.32 Å². The Bertz CT molecular complexity index is 246. The van der Waals surface area contributed by atoms with Gasteiger partial charge in [-0.1, -0.05) is 6.07 Å². The molecule has 0 aliphatic rings. The second-order valence-corrected chi connectivity index (χ2v) is 3.26. The fraction of sp³-hybridized carbons (Fsp3) is 0.250. The number of aldehydes is 1. The van der Waals surface area contributed by atoms with Gasteiger partial charge >= 0.3 is 0 Å². The van der Waals surface area contributed by atoms with Crippen molar-refractivity contribution < 1.29 is 9.59 Å². The Morgan fingerprint density at radius 2 is 2.42 bits per heavy atom. The number of carbonyl (C=O) groups is 2.